The van der Waals surface area contributed by atoms with E-state index in [0.29, 0.717) is 6.04 Å². The molecule has 4 heteroatoms. The van der Waals surface area contributed by atoms with E-state index in [1.807, 2.05) is 12.1 Å². The number of rotatable bonds is 3. The average molecular weight is 312 g/mol. The third kappa shape index (κ3) is 3.46. The Hall–Kier alpha value is -0.580. The van der Waals surface area contributed by atoms with Crippen LogP contribution in [0, 0.1) is 0 Å². The molecule has 3 nitrogen and oxygen atoms in total. The summed E-state index contributed by atoms with van der Waals surface area (Å²) >= 11 is 3.60. The molecule has 0 bridgehead atoms. The zero-order chi connectivity index (χ0) is 13.1. The second kappa shape index (κ2) is 6.04. The lowest BCUT2D eigenvalue weighted by Gasteiger charge is -2.37. The van der Waals surface area contributed by atoms with Crippen molar-refractivity contribution in [2.45, 2.75) is 26.4 Å². The lowest BCUT2D eigenvalue weighted by Crippen LogP contribution is -2.48. The van der Waals surface area contributed by atoms with Gasteiger partial charge in [-0.1, -0.05) is 15.9 Å². The molecule has 0 aliphatic carbocycles. The highest BCUT2D eigenvalue weighted by Gasteiger charge is 2.19. The van der Waals surface area contributed by atoms with E-state index in [1.54, 1.807) is 0 Å². The Kier molecular flexibility index (Phi) is 4.65. The van der Waals surface area contributed by atoms with Crippen LogP contribution in [-0.2, 0) is 6.54 Å². The number of nitrogens with zero attached hydrogens (tertiary/aromatic N) is 2. The SMILES string of the molecule is CC(C)N1CCN(Cc2cc(N)ccc2Br)CC1. The smallest absolute Gasteiger partial charge is 0.0318 e. The van der Waals surface area contributed by atoms with Gasteiger partial charge in [0.2, 0.25) is 0 Å². The first kappa shape index (κ1) is 13.8. The number of nitrogens with two attached hydrogens (primary N) is 1. The lowest BCUT2D eigenvalue weighted by molar-refractivity contribution is 0.104. The van der Waals surface area contributed by atoms with Gasteiger partial charge in [0.1, 0.15) is 0 Å². The second-order valence-electron chi connectivity index (χ2n) is 5.26. The lowest BCUT2D eigenvalue weighted by atomic mass is 10.1. The zero-order valence-corrected chi connectivity index (χ0v) is 12.8. The number of nitrogen functional groups attached to an aromatic ring is 1. The maximum absolute atomic E-state index is 5.85. The van der Waals surface area contributed by atoms with Crippen molar-refractivity contribution < 1.29 is 0 Å². The van der Waals surface area contributed by atoms with Gasteiger partial charge < -0.3 is 5.73 Å². The number of piperazine rings is 1. The number of halogens is 1. The monoisotopic (exact) mass is 311 g/mol. The van der Waals surface area contributed by atoms with E-state index >= 15 is 0 Å². The Morgan fingerprint density at radius 3 is 2.50 bits per heavy atom. The van der Waals surface area contributed by atoms with Crippen LogP contribution in [0.2, 0.25) is 0 Å². The minimum Gasteiger partial charge on any atom is -0.399 e. The first-order valence-corrected chi connectivity index (χ1v) is 7.36. The molecule has 18 heavy (non-hydrogen) atoms. The van der Waals surface area contributed by atoms with Crippen molar-refractivity contribution in [1.82, 2.24) is 9.80 Å². The summed E-state index contributed by atoms with van der Waals surface area (Å²) in [5.41, 5.74) is 7.97. The molecule has 2 N–H and O–H groups in total. The Bertz CT molecular complexity index is 398. The fourth-order valence-electron chi connectivity index (χ4n) is 2.39. The largest absolute Gasteiger partial charge is 0.399 e. The van der Waals surface area contributed by atoms with Crippen molar-refractivity contribution in [2.75, 3.05) is 31.9 Å². The molecule has 0 saturated carbocycles. The van der Waals surface area contributed by atoms with E-state index in [-0.39, 0.29) is 0 Å². The summed E-state index contributed by atoms with van der Waals surface area (Å²) < 4.78 is 1.16. The number of hydrogen-bond acceptors (Lipinski definition) is 3. The van der Waals surface area contributed by atoms with E-state index < -0.39 is 0 Å². The van der Waals surface area contributed by atoms with Crippen LogP contribution in [0.4, 0.5) is 5.69 Å². The molecule has 1 fully saturated rings. The molecule has 0 radical (unpaired) electrons. The van der Waals surface area contributed by atoms with Crippen LogP contribution in [0.25, 0.3) is 0 Å². The molecule has 0 atom stereocenters. The number of benzene rings is 1. The van der Waals surface area contributed by atoms with Crippen LogP contribution in [0.5, 0.6) is 0 Å². The maximum atomic E-state index is 5.85. The van der Waals surface area contributed by atoms with E-state index in [9.17, 15) is 0 Å². The van der Waals surface area contributed by atoms with Gasteiger partial charge in [0.15, 0.2) is 0 Å². The van der Waals surface area contributed by atoms with Gasteiger partial charge in [-0.25, -0.2) is 0 Å². The number of hydrogen-bond donors (Lipinski definition) is 1. The molecule has 0 unspecified atom stereocenters. The predicted octanol–water partition coefficient (Wildman–Crippen LogP) is 2.56. The highest BCUT2D eigenvalue weighted by atomic mass is 79.9. The van der Waals surface area contributed by atoms with Gasteiger partial charge in [0, 0.05) is 48.9 Å². The van der Waals surface area contributed by atoms with Crippen LogP contribution in [0.3, 0.4) is 0 Å². The summed E-state index contributed by atoms with van der Waals surface area (Å²) in [6, 6.07) is 6.70. The normalized spacial score (nSPS) is 18.4. The van der Waals surface area contributed by atoms with Gasteiger partial charge >= 0.3 is 0 Å². The van der Waals surface area contributed by atoms with Crippen molar-refractivity contribution in [2.24, 2.45) is 0 Å². The van der Waals surface area contributed by atoms with Crippen molar-refractivity contribution in [3.63, 3.8) is 0 Å². The Labute approximate surface area is 118 Å². The minimum absolute atomic E-state index is 0.659. The predicted molar refractivity (Wildman–Crippen MR) is 80.5 cm³/mol. The van der Waals surface area contributed by atoms with Gasteiger partial charge in [0.05, 0.1) is 0 Å². The molecule has 2 rings (SSSR count). The van der Waals surface area contributed by atoms with Gasteiger partial charge in [-0.2, -0.15) is 0 Å². The van der Waals surface area contributed by atoms with Crippen molar-refractivity contribution >= 4 is 21.6 Å². The first-order valence-electron chi connectivity index (χ1n) is 6.56. The maximum Gasteiger partial charge on any atom is 0.0318 e. The summed E-state index contributed by atoms with van der Waals surface area (Å²) in [4.78, 5) is 5.03. The molecule has 1 aliphatic rings. The van der Waals surface area contributed by atoms with Gasteiger partial charge in [0.25, 0.3) is 0 Å². The number of anilines is 1. The highest BCUT2D eigenvalue weighted by molar-refractivity contribution is 9.10. The van der Waals surface area contributed by atoms with E-state index in [4.69, 9.17) is 5.73 Å². The van der Waals surface area contributed by atoms with Crippen LogP contribution in [0.1, 0.15) is 19.4 Å². The molecule has 0 aromatic heterocycles. The molecule has 1 aromatic rings. The van der Waals surface area contributed by atoms with Crippen molar-refractivity contribution in [3.8, 4) is 0 Å². The summed E-state index contributed by atoms with van der Waals surface area (Å²) in [5.74, 6) is 0. The van der Waals surface area contributed by atoms with E-state index in [2.05, 4.69) is 45.6 Å². The summed E-state index contributed by atoms with van der Waals surface area (Å²) in [6.45, 7) is 10.1. The summed E-state index contributed by atoms with van der Waals surface area (Å²) in [6.07, 6.45) is 0. The Morgan fingerprint density at radius 2 is 1.89 bits per heavy atom. The third-order valence-electron chi connectivity index (χ3n) is 3.60. The highest BCUT2D eigenvalue weighted by Crippen LogP contribution is 2.21. The van der Waals surface area contributed by atoms with Crippen LogP contribution in [0.15, 0.2) is 22.7 Å². The third-order valence-corrected chi connectivity index (χ3v) is 4.37. The standard InChI is InChI=1S/C14H22BrN3/c1-11(2)18-7-5-17(6-8-18)10-12-9-13(16)3-4-14(12)15/h3-4,9,11H,5-8,10,16H2,1-2H3. The van der Waals surface area contributed by atoms with Gasteiger partial charge in [-0.05, 0) is 37.6 Å². The quantitative estimate of drug-likeness (QED) is 0.871. The second-order valence-corrected chi connectivity index (χ2v) is 6.11. The first-order chi connectivity index (χ1) is 8.56. The fraction of sp³-hybridized carbons (Fsp3) is 0.571. The molecular weight excluding hydrogens is 290 g/mol. The van der Waals surface area contributed by atoms with Crippen LogP contribution < -0.4 is 5.73 Å². The van der Waals surface area contributed by atoms with E-state index in [1.165, 1.54) is 5.56 Å². The Morgan fingerprint density at radius 1 is 1.22 bits per heavy atom. The van der Waals surface area contributed by atoms with Crippen LogP contribution in [-0.4, -0.2) is 42.0 Å². The summed E-state index contributed by atoms with van der Waals surface area (Å²) in [7, 11) is 0. The molecule has 100 valence electrons. The topological polar surface area (TPSA) is 32.5 Å². The molecule has 1 aliphatic heterocycles. The van der Waals surface area contributed by atoms with Crippen molar-refractivity contribution in [3.05, 3.63) is 28.2 Å². The molecule has 0 spiro atoms. The average Bonchev–Trinajstić information content (AvgIpc) is 2.34. The van der Waals surface area contributed by atoms with Crippen molar-refractivity contribution in [1.29, 1.82) is 0 Å². The van der Waals surface area contributed by atoms with Gasteiger partial charge in [-0.3, -0.25) is 9.80 Å². The van der Waals surface area contributed by atoms with E-state index in [0.717, 1.165) is 42.9 Å². The summed E-state index contributed by atoms with van der Waals surface area (Å²) in [5, 5.41) is 0. The van der Waals surface area contributed by atoms with Gasteiger partial charge in [-0.15, -0.1) is 0 Å². The zero-order valence-electron chi connectivity index (χ0n) is 11.2. The molecule has 1 aromatic carbocycles. The Balaban J connectivity index is 1.93. The minimum atomic E-state index is 0.659. The van der Waals surface area contributed by atoms with Crippen LogP contribution >= 0.6 is 15.9 Å². The molecule has 1 saturated heterocycles. The fourth-order valence-corrected chi connectivity index (χ4v) is 2.77. The molecule has 1 heterocycles. The molecule has 0 amide bonds. The molecular formula is C14H22BrN3.